The van der Waals surface area contributed by atoms with Crippen molar-refractivity contribution in [3.8, 4) is 11.3 Å². The van der Waals surface area contributed by atoms with Crippen LogP contribution in [0.3, 0.4) is 0 Å². The third-order valence-electron chi connectivity index (χ3n) is 4.54. The molecule has 4 nitrogen and oxygen atoms in total. The Morgan fingerprint density at radius 2 is 1.72 bits per heavy atom. The number of nitrogens with zero attached hydrogens (tertiary/aromatic N) is 1. The molecule has 3 aromatic rings. The second-order valence-electron chi connectivity index (χ2n) is 6.50. The lowest BCUT2D eigenvalue weighted by Crippen LogP contribution is -2.04. The zero-order valence-corrected chi connectivity index (χ0v) is 15.4. The summed E-state index contributed by atoms with van der Waals surface area (Å²) in [7, 11) is 0. The molecule has 1 heterocycles. The van der Waals surface area contributed by atoms with Crippen LogP contribution in [0.5, 0.6) is 0 Å². The fourth-order valence-corrected chi connectivity index (χ4v) is 3.01. The molecule has 2 N–H and O–H groups in total. The number of nitrogens with one attached hydrogen (secondary N) is 1. The van der Waals surface area contributed by atoms with Gasteiger partial charge in [0.1, 0.15) is 6.61 Å². The Hall–Kier alpha value is -3.19. The predicted molar refractivity (Wildman–Crippen MR) is 104 cm³/mol. The monoisotopic (exact) mass is 400 g/mol. The van der Waals surface area contributed by atoms with Gasteiger partial charge in [-0.1, -0.05) is 42.5 Å². The lowest BCUT2D eigenvalue weighted by atomic mass is 9.97. The molecule has 2 aromatic carbocycles. The van der Waals surface area contributed by atoms with E-state index in [1.807, 2.05) is 24.3 Å². The average Bonchev–Trinajstić information content (AvgIpc) is 3.19. The van der Waals surface area contributed by atoms with Gasteiger partial charge in [-0.15, -0.1) is 0 Å². The molecule has 0 spiro atoms. The first kappa shape index (κ1) is 20.5. The quantitative estimate of drug-likeness (QED) is 0.576. The van der Waals surface area contributed by atoms with Gasteiger partial charge in [-0.25, -0.2) is 0 Å². The zero-order chi connectivity index (χ0) is 20.9. The van der Waals surface area contributed by atoms with Gasteiger partial charge in [0.25, 0.3) is 0 Å². The van der Waals surface area contributed by atoms with Crippen LogP contribution in [0.15, 0.2) is 60.8 Å². The van der Waals surface area contributed by atoms with E-state index in [1.165, 1.54) is 18.2 Å². The molecular formula is C22H19F3N2O2. The van der Waals surface area contributed by atoms with Gasteiger partial charge in [-0.3, -0.25) is 9.89 Å². The van der Waals surface area contributed by atoms with Crippen molar-refractivity contribution in [1.82, 2.24) is 10.2 Å². The van der Waals surface area contributed by atoms with Gasteiger partial charge >= 0.3 is 6.18 Å². The molecule has 0 amide bonds. The third kappa shape index (κ3) is 5.20. The Balaban J connectivity index is 1.77. The smallest absolute Gasteiger partial charge is 0.388 e. The summed E-state index contributed by atoms with van der Waals surface area (Å²) in [6.45, 7) is -0.538. The second kappa shape index (κ2) is 8.87. The van der Waals surface area contributed by atoms with Gasteiger partial charge in [0.2, 0.25) is 0 Å². The molecule has 1 aromatic heterocycles. The van der Waals surface area contributed by atoms with Crippen LogP contribution >= 0.6 is 0 Å². The van der Waals surface area contributed by atoms with Crippen LogP contribution in [-0.4, -0.2) is 27.7 Å². The summed E-state index contributed by atoms with van der Waals surface area (Å²) >= 11 is 0. The minimum atomic E-state index is -4.37. The summed E-state index contributed by atoms with van der Waals surface area (Å²) in [6.07, 6.45) is 1.57. The van der Waals surface area contributed by atoms with E-state index in [0.29, 0.717) is 24.1 Å². The van der Waals surface area contributed by atoms with Crippen LogP contribution in [0, 0.1) is 0 Å². The molecule has 0 aliphatic carbocycles. The van der Waals surface area contributed by atoms with Gasteiger partial charge in [-0.05, 0) is 53.3 Å². The molecule has 150 valence electrons. The Morgan fingerprint density at radius 3 is 2.41 bits per heavy atom. The minimum absolute atomic E-state index is 0.376. The number of aliphatic hydroxyl groups is 1. The first-order valence-corrected chi connectivity index (χ1v) is 8.98. The van der Waals surface area contributed by atoms with E-state index in [-0.39, 0.29) is 5.78 Å². The molecule has 0 aliphatic heterocycles. The maximum atomic E-state index is 12.8. The van der Waals surface area contributed by atoms with E-state index in [1.54, 1.807) is 12.3 Å². The van der Waals surface area contributed by atoms with Gasteiger partial charge in [0.05, 0.1) is 17.5 Å². The molecule has 0 saturated carbocycles. The molecule has 0 fully saturated rings. The van der Waals surface area contributed by atoms with E-state index in [9.17, 15) is 18.0 Å². The number of aliphatic hydroxyl groups excluding tert-OH is 1. The van der Waals surface area contributed by atoms with Crippen molar-refractivity contribution in [2.45, 2.75) is 19.0 Å². The summed E-state index contributed by atoms with van der Waals surface area (Å²) in [4.78, 5) is 11.3. The maximum absolute atomic E-state index is 12.8. The number of hydrogen-bond acceptors (Lipinski definition) is 3. The highest BCUT2D eigenvalue weighted by molar-refractivity contribution is 5.94. The highest BCUT2D eigenvalue weighted by Gasteiger charge is 2.30. The number of halogens is 3. The lowest BCUT2D eigenvalue weighted by Gasteiger charge is -2.09. The normalized spacial score (nSPS) is 11.9. The largest absolute Gasteiger partial charge is 0.416 e. The standard InChI is InChI=1S/C22H19F3N2O2/c23-22(24,25)19-10-7-17(8-11-19)21-18(13-26-27-21)6-5-15-3-1-2-4-16(15)9-12-20(29)14-28/h1-4,7-13,28H,5-6,14H2,(H,26,27)/b12-9+. The number of H-pyrrole nitrogens is 1. The number of carbonyl (C=O) groups is 1. The van der Waals surface area contributed by atoms with Crippen molar-refractivity contribution in [3.05, 3.63) is 83.1 Å². The number of hydrogen-bond donors (Lipinski definition) is 2. The first-order valence-electron chi connectivity index (χ1n) is 8.98. The number of carbonyl (C=O) groups excluding carboxylic acids is 1. The van der Waals surface area contributed by atoms with E-state index >= 15 is 0 Å². The number of alkyl halides is 3. The Labute approximate surface area is 165 Å². The lowest BCUT2D eigenvalue weighted by molar-refractivity contribution is -0.137. The fraction of sp³-hybridized carbons (Fsp3) is 0.182. The van der Waals surface area contributed by atoms with Crippen molar-refractivity contribution in [1.29, 1.82) is 0 Å². The molecule has 0 bridgehead atoms. The molecule has 0 saturated heterocycles. The van der Waals surface area contributed by atoms with Gasteiger partial charge in [0.15, 0.2) is 5.78 Å². The van der Waals surface area contributed by atoms with Crippen LogP contribution in [0.1, 0.15) is 22.3 Å². The van der Waals surface area contributed by atoms with Crippen LogP contribution in [0.4, 0.5) is 13.2 Å². The average molecular weight is 400 g/mol. The van der Waals surface area contributed by atoms with E-state index < -0.39 is 18.3 Å². The number of benzene rings is 2. The maximum Gasteiger partial charge on any atom is 0.416 e. The number of aromatic nitrogens is 2. The molecule has 0 radical (unpaired) electrons. The number of aryl methyl sites for hydroxylation is 2. The topological polar surface area (TPSA) is 66.0 Å². The summed E-state index contributed by atoms with van der Waals surface area (Å²) in [5, 5.41) is 15.7. The molecule has 0 unspecified atom stereocenters. The van der Waals surface area contributed by atoms with Crippen molar-refractivity contribution in [3.63, 3.8) is 0 Å². The molecule has 0 atom stereocenters. The third-order valence-corrected chi connectivity index (χ3v) is 4.54. The predicted octanol–water partition coefficient (Wildman–Crippen LogP) is 4.46. The van der Waals surface area contributed by atoms with Gasteiger partial charge in [-0.2, -0.15) is 18.3 Å². The number of aromatic amines is 1. The Bertz CT molecular complexity index is 1010. The Morgan fingerprint density at radius 1 is 1.03 bits per heavy atom. The second-order valence-corrected chi connectivity index (χ2v) is 6.50. The molecule has 0 aliphatic rings. The van der Waals surface area contributed by atoms with Crippen molar-refractivity contribution in [2.24, 2.45) is 0 Å². The van der Waals surface area contributed by atoms with Crippen LogP contribution in [0.25, 0.3) is 17.3 Å². The van der Waals surface area contributed by atoms with Gasteiger partial charge < -0.3 is 5.11 Å². The SMILES string of the molecule is O=C(/C=C/c1ccccc1CCc1cn[nH]c1-c1ccc(C(F)(F)F)cc1)CO. The highest BCUT2D eigenvalue weighted by atomic mass is 19.4. The van der Waals surface area contributed by atoms with E-state index in [4.69, 9.17) is 5.11 Å². The summed E-state index contributed by atoms with van der Waals surface area (Å²) in [5.41, 5.74) is 3.38. The fourth-order valence-electron chi connectivity index (χ4n) is 3.01. The number of rotatable bonds is 7. The van der Waals surface area contributed by atoms with Crippen LogP contribution in [-0.2, 0) is 23.8 Å². The Kier molecular flexibility index (Phi) is 6.29. The van der Waals surface area contributed by atoms with Crippen molar-refractivity contribution >= 4 is 11.9 Å². The molecular weight excluding hydrogens is 381 g/mol. The summed E-state index contributed by atoms with van der Waals surface area (Å²) in [6, 6.07) is 12.5. The minimum Gasteiger partial charge on any atom is -0.388 e. The molecule has 29 heavy (non-hydrogen) atoms. The van der Waals surface area contributed by atoms with E-state index in [2.05, 4.69) is 10.2 Å². The summed E-state index contributed by atoms with van der Waals surface area (Å²) in [5.74, 6) is -0.376. The van der Waals surface area contributed by atoms with Crippen molar-refractivity contribution < 1.29 is 23.1 Å². The first-order chi connectivity index (χ1) is 13.9. The zero-order valence-electron chi connectivity index (χ0n) is 15.4. The van der Waals surface area contributed by atoms with Crippen LogP contribution in [0.2, 0.25) is 0 Å². The molecule has 3 rings (SSSR count). The number of ketones is 1. The van der Waals surface area contributed by atoms with Crippen molar-refractivity contribution in [2.75, 3.05) is 6.61 Å². The van der Waals surface area contributed by atoms with E-state index in [0.717, 1.165) is 28.8 Å². The molecule has 7 heteroatoms. The van der Waals surface area contributed by atoms with Gasteiger partial charge in [0, 0.05) is 0 Å². The van der Waals surface area contributed by atoms with Crippen LogP contribution < -0.4 is 0 Å². The highest BCUT2D eigenvalue weighted by Crippen LogP contribution is 2.31. The summed E-state index contributed by atoms with van der Waals surface area (Å²) < 4.78 is 38.3.